The molecule has 0 radical (unpaired) electrons. The lowest BCUT2D eigenvalue weighted by Gasteiger charge is -2.37. The van der Waals surface area contributed by atoms with E-state index in [0.29, 0.717) is 26.0 Å². The first-order valence-electron chi connectivity index (χ1n) is 10.5. The van der Waals surface area contributed by atoms with E-state index >= 15 is 0 Å². The number of para-hydroxylation sites is 1. The Morgan fingerprint density at radius 3 is 2.41 bits per heavy atom. The van der Waals surface area contributed by atoms with Gasteiger partial charge in [0.2, 0.25) is 0 Å². The van der Waals surface area contributed by atoms with Gasteiger partial charge in [0.05, 0.1) is 0 Å². The molecule has 3 rings (SSSR count). The number of nitrogens with zero attached hydrogens (tertiary/aromatic N) is 2. The van der Waals surface area contributed by atoms with Crippen LogP contribution in [0.2, 0.25) is 0 Å². The Hall–Kier alpha value is -2.32. The number of ether oxygens (including phenoxy) is 2. The molecule has 1 heterocycles. The third-order valence-electron chi connectivity index (χ3n) is 5.19. The van der Waals surface area contributed by atoms with E-state index in [-0.39, 0.29) is 5.75 Å². The van der Waals surface area contributed by atoms with Gasteiger partial charge in [-0.15, -0.1) is 0 Å². The van der Waals surface area contributed by atoms with Gasteiger partial charge in [-0.3, -0.25) is 9.10 Å². The fourth-order valence-electron chi connectivity index (χ4n) is 3.60. The highest BCUT2D eigenvalue weighted by molar-refractivity contribution is 7.96. The summed E-state index contributed by atoms with van der Waals surface area (Å²) in [6.07, 6.45) is 1.37. The first kappa shape index (κ1) is 25.9. The highest BCUT2D eigenvalue weighted by Crippen LogP contribution is 2.28. The molecule has 1 aliphatic heterocycles. The van der Waals surface area contributed by atoms with Crippen molar-refractivity contribution in [2.75, 3.05) is 31.3 Å². The zero-order valence-corrected chi connectivity index (χ0v) is 19.9. The summed E-state index contributed by atoms with van der Waals surface area (Å²) < 4.78 is 36.0. The number of carbonyl (C=O) groups is 1. The van der Waals surface area contributed by atoms with Crippen molar-refractivity contribution >= 4 is 24.1 Å². The molecule has 0 amide bonds. The number of carbonyl (C=O) groups excluding carboxylic acids is 1. The summed E-state index contributed by atoms with van der Waals surface area (Å²) in [6.45, 7) is 5.88. The SMILES string of the molecule is CC(F)(F)Oc1ccccc1.CSN1CCC(N(C)c2ccc(C)cc2COC=O)CC1. The number of anilines is 1. The Morgan fingerprint density at radius 1 is 1.19 bits per heavy atom. The molecule has 2 aromatic carbocycles. The Bertz CT molecular complexity index is 826. The van der Waals surface area contributed by atoms with Crippen molar-refractivity contribution in [1.29, 1.82) is 0 Å². The molecule has 0 unspecified atom stereocenters. The lowest BCUT2D eigenvalue weighted by Crippen LogP contribution is -2.41. The van der Waals surface area contributed by atoms with Gasteiger partial charge in [-0.25, -0.2) is 0 Å². The molecule has 2 aromatic rings. The Balaban J connectivity index is 0.000000278. The van der Waals surface area contributed by atoms with Crippen LogP contribution in [0.1, 0.15) is 30.9 Å². The van der Waals surface area contributed by atoms with Gasteiger partial charge in [0.25, 0.3) is 6.47 Å². The molecule has 0 saturated carbocycles. The van der Waals surface area contributed by atoms with Crippen LogP contribution in [-0.4, -0.2) is 49.3 Å². The van der Waals surface area contributed by atoms with E-state index in [4.69, 9.17) is 4.74 Å². The van der Waals surface area contributed by atoms with Gasteiger partial charge < -0.3 is 14.4 Å². The van der Waals surface area contributed by atoms with Crippen LogP contribution in [0.4, 0.5) is 14.5 Å². The maximum absolute atomic E-state index is 12.2. The summed E-state index contributed by atoms with van der Waals surface area (Å²) >= 11 is 1.83. The number of alkyl halides is 2. The van der Waals surface area contributed by atoms with Gasteiger partial charge >= 0.3 is 6.11 Å². The van der Waals surface area contributed by atoms with Crippen LogP contribution >= 0.6 is 11.9 Å². The number of hydrogen-bond donors (Lipinski definition) is 0. The van der Waals surface area contributed by atoms with Gasteiger partial charge in [-0.1, -0.05) is 47.8 Å². The summed E-state index contributed by atoms with van der Waals surface area (Å²) in [7, 11) is 2.15. The first-order valence-corrected chi connectivity index (χ1v) is 11.7. The van der Waals surface area contributed by atoms with Crippen LogP contribution in [0.25, 0.3) is 0 Å². The van der Waals surface area contributed by atoms with Crippen LogP contribution in [0, 0.1) is 6.92 Å². The third-order valence-corrected chi connectivity index (χ3v) is 6.07. The second-order valence-corrected chi connectivity index (χ2v) is 8.60. The lowest BCUT2D eigenvalue weighted by atomic mass is 10.0. The number of benzene rings is 2. The van der Waals surface area contributed by atoms with Gasteiger partial charge in [-0.05, 0) is 44.2 Å². The van der Waals surface area contributed by atoms with Crippen LogP contribution in [-0.2, 0) is 16.1 Å². The minimum atomic E-state index is -3.10. The zero-order valence-electron chi connectivity index (χ0n) is 19.1. The van der Waals surface area contributed by atoms with Gasteiger partial charge in [0, 0.05) is 44.4 Å². The summed E-state index contributed by atoms with van der Waals surface area (Å²) in [4.78, 5) is 12.8. The maximum atomic E-state index is 12.2. The van der Waals surface area contributed by atoms with Crippen molar-refractivity contribution in [2.45, 2.75) is 45.4 Å². The van der Waals surface area contributed by atoms with Crippen molar-refractivity contribution in [3.63, 3.8) is 0 Å². The predicted octanol–water partition coefficient (Wildman–Crippen LogP) is 5.52. The summed E-state index contributed by atoms with van der Waals surface area (Å²) in [5.41, 5.74) is 3.44. The minimum absolute atomic E-state index is 0.181. The highest BCUT2D eigenvalue weighted by Gasteiger charge is 2.24. The predicted molar refractivity (Wildman–Crippen MR) is 126 cm³/mol. The molecular weight excluding hydrogens is 434 g/mol. The normalized spacial score (nSPS) is 14.8. The van der Waals surface area contributed by atoms with Crippen molar-refractivity contribution in [2.24, 2.45) is 0 Å². The molecule has 176 valence electrons. The second-order valence-electron chi connectivity index (χ2n) is 7.72. The van der Waals surface area contributed by atoms with Crippen molar-refractivity contribution < 1.29 is 23.0 Å². The fraction of sp³-hybridized carbons (Fsp3) is 0.458. The molecule has 0 spiro atoms. The molecular formula is C24H32F2N2O3S. The van der Waals surface area contributed by atoms with E-state index in [2.05, 4.69) is 52.4 Å². The molecule has 0 atom stereocenters. The Kier molecular flexibility index (Phi) is 10.3. The zero-order chi connectivity index (χ0) is 23.6. The van der Waals surface area contributed by atoms with Crippen LogP contribution in [0.3, 0.4) is 0 Å². The number of rotatable bonds is 8. The summed E-state index contributed by atoms with van der Waals surface area (Å²) in [5, 5.41) is 0. The van der Waals surface area contributed by atoms with E-state index in [9.17, 15) is 13.6 Å². The molecule has 8 heteroatoms. The molecule has 1 saturated heterocycles. The first-order chi connectivity index (χ1) is 15.2. The molecule has 1 aliphatic rings. The lowest BCUT2D eigenvalue weighted by molar-refractivity contribution is -0.158. The number of aryl methyl sites for hydroxylation is 1. The van der Waals surface area contributed by atoms with Crippen LogP contribution < -0.4 is 9.64 Å². The molecule has 1 fully saturated rings. The van der Waals surface area contributed by atoms with E-state index in [1.165, 1.54) is 36.2 Å². The molecule has 5 nitrogen and oxygen atoms in total. The van der Waals surface area contributed by atoms with Crippen molar-refractivity contribution in [1.82, 2.24) is 4.31 Å². The van der Waals surface area contributed by atoms with E-state index in [0.717, 1.165) is 18.7 Å². The largest absolute Gasteiger partial charge is 0.463 e. The number of hydrogen-bond acceptors (Lipinski definition) is 6. The third kappa shape index (κ3) is 8.67. The topological polar surface area (TPSA) is 42.0 Å². The Labute approximate surface area is 193 Å². The molecule has 0 N–H and O–H groups in total. The average Bonchev–Trinajstić information content (AvgIpc) is 2.77. The van der Waals surface area contributed by atoms with Crippen LogP contribution in [0.5, 0.6) is 5.75 Å². The molecule has 0 bridgehead atoms. The standard InChI is InChI=1S/C16H24N2O2S.C8H8F2O/c1-13-4-5-16(14(10-13)11-20-12-19)17(2)15-6-8-18(21-3)9-7-15;1-8(9,10)11-7-5-3-2-4-6-7/h4-5,10,12,15H,6-9,11H2,1-3H3;2-6H,1H3. The molecule has 0 aromatic heterocycles. The summed E-state index contributed by atoms with van der Waals surface area (Å²) in [6, 6.07) is 14.9. The second kappa shape index (κ2) is 12.6. The Morgan fingerprint density at radius 2 is 1.84 bits per heavy atom. The molecule has 32 heavy (non-hydrogen) atoms. The van der Waals surface area contributed by atoms with Crippen LogP contribution in [0.15, 0.2) is 48.5 Å². The smallest absolute Gasteiger partial charge is 0.394 e. The summed E-state index contributed by atoms with van der Waals surface area (Å²) in [5.74, 6) is 0.181. The van der Waals surface area contributed by atoms with E-state index in [1.807, 2.05) is 11.9 Å². The number of halogens is 2. The monoisotopic (exact) mass is 466 g/mol. The quantitative estimate of drug-likeness (QED) is 0.377. The minimum Gasteiger partial charge on any atom is -0.463 e. The van der Waals surface area contributed by atoms with E-state index < -0.39 is 6.11 Å². The average molecular weight is 467 g/mol. The van der Waals surface area contributed by atoms with Gasteiger partial charge in [-0.2, -0.15) is 8.78 Å². The highest BCUT2D eigenvalue weighted by atomic mass is 32.2. The van der Waals surface area contributed by atoms with E-state index in [1.54, 1.807) is 18.2 Å². The van der Waals surface area contributed by atoms with Crippen molar-refractivity contribution in [3.05, 3.63) is 59.7 Å². The maximum Gasteiger partial charge on any atom is 0.394 e. The fourth-order valence-corrected chi connectivity index (χ4v) is 4.18. The van der Waals surface area contributed by atoms with Gasteiger partial charge in [0.15, 0.2) is 0 Å². The van der Waals surface area contributed by atoms with Crippen molar-refractivity contribution in [3.8, 4) is 5.75 Å². The number of piperidine rings is 1. The molecule has 0 aliphatic carbocycles. The van der Waals surface area contributed by atoms with Gasteiger partial charge in [0.1, 0.15) is 12.4 Å².